The minimum atomic E-state index is 0.647. The summed E-state index contributed by atoms with van der Waals surface area (Å²) in [5, 5.41) is 3.53. The maximum Gasteiger partial charge on any atom is 0.0189 e. The van der Waals surface area contributed by atoms with E-state index >= 15 is 0 Å². The Morgan fingerprint density at radius 3 is 2.33 bits per heavy atom. The van der Waals surface area contributed by atoms with Crippen LogP contribution in [0.15, 0.2) is 0 Å². The zero-order chi connectivity index (χ0) is 11.7. The predicted octanol–water partition coefficient (Wildman–Crippen LogP) is 2.74. The van der Waals surface area contributed by atoms with Crippen molar-refractivity contribution in [2.75, 3.05) is 26.7 Å². The Labute approximate surface area is 96.4 Å². The molecule has 0 saturated carbocycles. The quantitative estimate of drug-likeness (QED) is 0.594. The van der Waals surface area contributed by atoms with Crippen LogP contribution < -0.4 is 5.32 Å². The third-order valence-corrected chi connectivity index (χ3v) is 2.80. The van der Waals surface area contributed by atoms with Gasteiger partial charge in [-0.15, -0.1) is 0 Å². The van der Waals surface area contributed by atoms with Gasteiger partial charge in [0.25, 0.3) is 0 Å². The second kappa shape index (κ2) is 9.17. The first-order valence-electron chi connectivity index (χ1n) is 6.48. The van der Waals surface area contributed by atoms with Crippen molar-refractivity contribution in [1.29, 1.82) is 0 Å². The number of nitrogens with zero attached hydrogens (tertiary/aromatic N) is 1. The van der Waals surface area contributed by atoms with E-state index in [9.17, 15) is 0 Å². The summed E-state index contributed by atoms with van der Waals surface area (Å²) >= 11 is 0. The molecule has 0 heterocycles. The van der Waals surface area contributed by atoms with Crippen LogP contribution in [0.5, 0.6) is 0 Å². The van der Waals surface area contributed by atoms with Crippen molar-refractivity contribution in [2.45, 2.75) is 53.0 Å². The van der Waals surface area contributed by atoms with Gasteiger partial charge in [0.2, 0.25) is 0 Å². The van der Waals surface area contributed by atoms with E-state index in [1.165, 1.54) is 32.4 Å². The maximum atomic E-state index is 3.53. The molecule has 0 aromatic carbocycles. The first kappa shape index (κ1) is 14.9. The van der Waals surface area contributed by atoms with Crippen molar-refractivity contribution in [3.05, 3.63) is 0 Å². The first-order chi connectivity index (χ1) is 7.07. The molecule has 92 valence electrons. The lowest BCUT2D eigenvalue weighted by molar-refractivity contribution is 0.225. The SMILES string of the molecule is CCCCCNCC(C)N(C)CC(C)C. The zero-order valence-corrected chi connectivity index (χ0v) is 11.3. The molecule has 0 amide bonds. The van der Waals surface area contributed by atoms with Crippen LogP contribution in [0.25, 0.3) is 0 Å². The molecule has 15 heavy (non-hydrogen) atoms. The summed E-state index contributed by atoms with van der Waals surface area (Å²) < 4.78 is 0. The van der Waals surface area contributed by atoms with Crippen LogP contribution in [0.1, 0.15) is 47.0 Å². The van der Waals surface area contributed by atoms with Crippen LogP contribution >= 0.6 is 0 Å². The fraction of sp³-hybridized carbons (Fsp3) is 1.00. The highest BCUT2D eigenvalue weighted by molar-refractivity contribution is 4.67. The monoisotopic (exact) mass is 214 g/mol. The highest BCUT2D eigenvalue weighted by Crippen LogP contribution is 2.00. The second-order valence-corrected chi connectivity index (χ2v) is 5.09. The minimum Gasteiger partial charge on any atom is -0.315 e. The normalized spacial score (nSPS) is 13.8. The lowest BCUT2D eigenvalue weighted by Gasteiger charge is -2.26. The molecule has 0 aliphatic rings. The van der Waals surface area contributed by atoms with Crippen molar-refractivity contribution in [1.82, 2.24) is 10.2 Å². The fourth-order valence-corrected chi connectivity index (χ4v) is 1.72. The Bertz CT molecular complexity index is 134. The van der Waals surface area contributed by atoms with Crippen molar-refractivity contribution in [2.24, 2.45) is 5.92 Å². The predicted molar refractivity (Wildman–Crippen MR) is 69.3 cm³/mol. The summed E-state index contributed by atoms with van der Waals surface area (Å²) in [6.07, 6.45) is 3.98. The van der Waals surface area contributed by atoms with E-state index in [0.717, 1.165) is 12.5 Å². The molecular formula is C13H30N2. The van der Waals surface area contributed by atoms with Crippen LogP contribution in [0.4, 0.5) is 0 Å². The molecule has 1 N–H and O–H groups in total. The number of unbranched alkanes of at least 4 members (excludes halogenated alkanes) is 2. The Morgan fingerprint density at radius 2 is 1.80 bits per heavy atom. The van der Waals surface area contributed by atoms with Gasteiger partial charge in [-0.3, -0.25) is 0 Å². The Balaban J connectivity index is 3.42. The topological polar surface area (TPSA) is 15.3 Å². The van der Waals surface area contributed by atoms with E-state index in [4.69, 9.17) is 0 Å². The number of hydrogen-bond donors (Lipinski definition) is 1. The second-order valence-electron chi connectivity index (χ2n) is 5.09. The van der Waals surface area contributed by atoms with E-state index in [0.29, 0.717) is 6.04 Å². The Morgan fingerprint density at radius 1 is 1.13 bits per heavy atom. The molecule has 0 radical (unpaired) electrons. The van der Waals surface area contributed by atoms with E-state index in [1.54, 1.807) is 0 Å². The third kappa shape index (κ3) is 8.88. The molecule has 0 aromatic rings. The standard InChI is InChI=1S/C13H30N2/c1-6-7-8-9-14-10-13(4)15(5)11-12(2)3/h12-14H,6-11H2,1-5H3. The largest absolute Gasteiger partial charge is 0.315 e. The molecule has 0 aromatic heterocycles. The average Bonchev–Trinajstić information content (AvgIpc) is 2.16. The number of nitrogens with one attached hydrogen (secondary N) is 1. The van der Waals surface area contributed by atoms with Gasteiger partial charge in [-0.1, -0.05) is 33.6 Å². The van der Waals surface area contributed by atoms with Crippen LogP contribution in [-0.2, 0) is 0 Å². The Hall–Kier alpha value is -0.0800. The van der Waals surface area contributed by atoms with Crippen molar-refractivity contribution < 1.29 is 0 Å². The molecule has 0 saturated heterocycles. The van der Waals surface area contributed by atoms with Crippen LogP contribution in [-0.4, -0.2) is 37.6 Å². The van der Waals surface area contributed by atoms with Gasteiger partial charge in [0.15, 0.2) is 0 Å². The van der Waals surface area contributed by atoms with E-state index in [2.05, 4.69) is 45.0 Å². The van der Waals surface area contributed by atoms with E-state index < -0.39 is 0 Å². The highest BCUT2D eigenvalue weighted by atomic mass is 15.1. The molecule has 0 fully saturated rings. The lowest BCUT2D eigenvalue weighted by atomic mass is 10.2. The zero-order valence-electron chi connectivity index (χ0n) is 11.3. The van der Waals surface area contributed by atoms with Crippen molar-refractivity contribution >= 4 is 0 Å². The van der Waals surface area contributed by atoms with Crippen LogP contribution in [0.3, 0.4) is 0 Å². The maximum absolute atomic E-state index is 3.53. The van der Waals surface area contributed by atoms with Gasteiger partial charge < -0.3 is 10.2 Å². The van der Waals surface area contributed by atoms with Crippen molar-refractivity contribution in [3.63, 3.8) is 0 Å². The molecule has 2 nitrogen and oxygen atoms in total. The summed E-state index contributed by atoms with van der Waals surface area (Å²) in [5.74, 6) is 0.762. The van der Waals surface area contributed by atoms with Gasteiger partial charge >= 0.3 is 0 Å². The molecule has 0 spiro atoms. The number of likely N-dealkylation sites (N-methyl/N-ethyl adjacent to an activating group) is 1. The molecule has 0 rings (SSSR count). The molecule has 1 atom stereocenters. The van der Waals surface area contributed by atoms with Crippen molar-refractivity contribution in [3.8, 4) is 0 Å². The third-order valence-electron chi connectivity index (χ3n) is 2.80. The van der Waals surface area contributed by atoms with Gasteiger partial charge in [0.05, 0.1) is 0 Å². The summed E-state index contributed by atoms with van der Waals surface area (Å²) in [6.45, 7) is 12.6. The summed E-state index contributed by atoms with van der Waals surface area (Å²) in [6, 6.07) is 0.647. The number of hydrogen-bond acceptors (Lipinski definition) is 2. The van der Waals surface area contributed by atoms with Gasteiger partial charge in [-0.05, 0) is 32.9 Å². The van der Waals surface area contributed by atoms with E-state index in [-0.39, 0.29) is 0 Å². The molecular weight excluding hydrogens is 184 g/mol. The molecule has 2 heteroatoms. The van der Waals surface area contributed by atoms with E-state index in [1.807, 2.05) is 0 Å². The smallest absolute Gasteiger partial charge is 0.0189 e. The molecule has 0 bridgehead atoms. The summed E-state index contributed by atoms with van der Waals surface area (Å²) in [7, 11) is 2.22. The molecule has 0 aliphatic carbocycles. The summed E-state index contributed by atoms with van der Waals surface area (Å²) in [5.41, 5.74) is 0. The highest BCUT2D eigenvalue weighted by Gasteiger charge is 2.09. The minimum absolute atomic E-state index is 0.647. The fourth-order valence-electron chi connectivity index (χ4n) is 1.72. The van der Waals surface area contributed by atoms with Gasteiger partial charge in [0, 0.05) is 19.1 Å². The van der Waals surface area contributed by atoms with Crippen LogP contribution in [0, 0.1) is 5.92 Å². The molecule has 1 unspecified atom stereocenters. The summed E-state index contributed by atoms with van der Waals surface area (Å²) in [4.78, 5) is 2.44. The number of rotatable bonds is 9. The van der Waals surface area contributed by atoms with Crippen LogP contribution in [0.2, 0.25) is 0 Å². The van der Waals surface area contributed by atoms with Gasteiger partial charge in [-0.25, -0.2) is 0 Å². The van der Waals surface area contributed by atoms with Gasteiger partial charge in [0.1, 0.15) is 0 Å². The lowest BCUT2D eigenvalue weighted by Crippen LogP contribution is -2.39. The molecule has 0 aliphatic heterocycles. The average molecular weight is 214 g/mol. The van der Waals surface area contributed by atoms with Gasteiger partial charge in [-0.2, -0.15) is 0 Å². The Kier molecular flexibility index (Phi) is 9.12. The first-order valence-corrected chi connectivity index (χ1v) is 6.48.